The van der Waals surface area contributed by atoms with Gasteiger partial charge in [-0.1, -0.05) is 12.8 Å². The number of methoxy groups -OCH3 is 1. The molecule has 4 rings (SSSR count). The Kier molecular flexibility index (Phi) is 9.19. The van der Waals surface area contributed by atoms with Crippen LogP contribution in [-0.2, 0) is 0 Å². The largest absolute Gasteiger partial charge is 0.497 e. The first-order valence-electron chi connectivity index (χ1n) is 13.2. The highest BCUT2D eigenvalue weighted by atomic mass is 32.2. The van der Waals surface area contributed by atoms with Gasteiger partial charge in [-0.05, 0) is 75.2 Å². The lowest BCUT2D eigenvalue weighted by Crippen LogP contribution is -2.43. The zero-order valence-corrected chi connectivity index (χ0v) is 22.5. The predicted octanol–water partition coefficient (Wildman–Crippen LogP) is 4.87. The Morgan fingerprint density at radius 3 is 2.63 bits per heavy atom. The topological polar surface area (TPSA) is 69.1 Å². The van der Waals surface area contributed by atoms with E-state index < -0.39 is 6.10 Å². The molecule has 0 amide bonds. The van der Waals surface area contributed by atoms with Crippen molar-refractivity contribution in [2.75, 3.05) is 58.1 Å². The molecular formula is C28H43N3O3S. The van der Waals surface area contributed by atoms with Crippen molar-refractivity contribution in [3.63, 3.8) is 0 Å². The van der Waals surface area contributed by atoms with E-state index in [0.29, 0.717) is 6.42 Å². The summed E-state index contributed by atoms with van der Waals surface area (Å²) in [4.78, 5) is 9.18. The van der Waals surface area contributed by atoms with E-state index in [-0.39, 0.29) is 12.0 Å². The Morgan fingerprint density at radius 1 is 1.23 bits per heavy atom. The molecule has 35 heavy (non-hydrogen) atoms. The molecule has 2 N–H and O–H groups in total. The molecule has 0 radical (unpaired) electrons. The predicted molar refractivity (Wildman–Crippen MR) is 147 cm³/mol. The molecular weight excluding hydrogens is 458 g/mol. The summed E-state index contributed by atoms with van der Waals surface area (Å²) in [6.45, 7) is 3.43. The highest BCUT2D eigenvalue weighted by Crippen LogP contribution is 2.41. The molecule has 1 saturated carbocycles. The Bertz CT molecular complexity index is 956. The van der Waals surface area contributed by atoms with Crippen LogP contribution in [0.1, 0.15) is 63.0 Å². The summed E-state index contributed by atoms with van der Waals surface area (Å²) in [5.74, 6) is 1.98. The number of hydrogen-bond acceptors (Lipinski definition) is 7. The Morgan fingerprint density at radius 2 is 1.97 bits per heavy atom. The molecule has 0 unspecified atom stereocenters. The van der Waals surface area contributed by atoms with Crippen LogP contribution in [0.25, 0.3) is 10.9 Å². The fraction of sp³-hybridized carbons (Fsp3) is 0.679. The Labute approximate surface area is 215 Å². The average molecular weight is 502 g/mol. The van der Waals surface area contributed by atoms with Crippen LogP contribution >= 0.6 is 11.8 Å². The van der Waals surface area contributed by atoms with Crippen molar-refractivity contribution in [2.45, 2.75) is 62.7 Å². The number of likely N-dealkylation sites (tertiary alicyclic amines) is 1. The lowest BCUT2D eigenvalue weighted by Gasteiger charge is -2.41. The lowest BCUT2D eigenvalue weighted by molar-refractivity contribution is 0.0255. The van der Waals surface area contributed by atoms with E-state index in [2.05, 4.69) is 21.6 Å². The summed E-state index contributed by atoms with van der Waals surface area (Å²) in [6.07, 6.45) is 10.3. The van der Waals surface area contributed by atoms with Crippen molar-refractivity contribution < 1.29 is 14.9 Å². The molecule has 1 aromatic carbocycles. The van der Waals surface area contributed by atoms with Crippen LogP contribution in [0.5, 0.6) is 5.75 Å². The minimum Gasteiger partial charge on any atom is -0.497 e. The van der Waals surface area contributed by atoms with Crippen LogP contribution < -0.4 is 9.64 Å². The van der Waals surface area contributed by atoms with E-state index in [1.165, 1.54) is 31.4 Å². The molecule has 1 atom stereocenters. The second kappa shape index (κ2) is 12.1. The molecule has 2 heterocycles. The van der Waals surface area contributed by atoms with Gasteiger partial charge < -0.3 is 24.7 Å². The molecule has 6 nitrogen and oxygen atoms in total. The molecule has 1 aliphatic heterocycles. The van der Waals surface area contributed by atoms with Crippen LogP contribution in [0, 0.1) is 5.41 Å². The van der Waals surface area contributed by atoms with Crippen LogP contribution in [-0.4, -0.2) is 78.5 Å². The van der Waals surface area contributed by atoms with Gasteiger partial charge >= 0.3 is 0 Å². The second-order valence-corrected chi connectivity index (χ2v) is 12.1. The maximum atomic E-state index is 11.4. The van der Waals surface area contributed by atoms with Gasteiger partial charge in [0.1, 0.15) is 5.75 Å². The molecule has 1 aromatic heterocycles. The van der Waals surface area contributed by atoms with Crippen molar-refractivity contribution in [1.82, 2.24) is 9.88 Å². The van der Waals surface area contributed by atoms with Gasteiger partial charge in [-0.2, -0.15) is 11.8 Å². The highest BCUT2D eigenvalue weighted by molar-refractivity contribution is 7.99. The molecule has 1 aliphatic carbocycles. The summed E-state index contributed by atoms with van der Waals surface area (Å²) < 4.78 is 5.45. The molecule has 0 spiro atoms. The van der Waals surface area contributed by atoms with Gasteiger partial charge in [0.15, 0.2) is 0 Å². The number of aliphatic hydroxyl groups is 2. The monoisotopic (exact) mass is 501 g/mol. The summed E-state index contributed by atoms with van der Waals surface area (Å²) in [5, 5.41) is 23.6. The van der Waals surface area contributed by atoms with Crippen LogP contribution in [0.15, 0.2) is 24.4 Å². The number of thioether (sulfide) groups is 1. The third-order valence-corrected chi connectivity index (χ3v) is 9.54. The standard InChI is InChI=1S/C28H43N3O3S/c1-30(2)25-19-29-24-9-8-21(34-3)18-23(24)27(25)26(33)10-11-28(20-32)12-14-31(15-13-28)16-17-35-22-6-4-5-7-22/h8-9,18-19,22,26,32-33H,4-7,10-17,20H2,1-3H3/t26-/m0/s1. The van der Waals surface area contributed by atoms with Crippen molar-refractivity contribution in [1.29, 1.82) is 0 Å². The number of fused-ring (bicyclic) bond motifs is 1. The minimum atomic E-state index is -0.630. The van der Waals surface area contributed by atoms with Gasteiger partial charge in [-0.3, -0.25) is 4.98 Å². The zero-order valence-electron chi connectivity index (χ0n) is 21.7. The molecule has 2 fully saturated rings. The number of benzene rings is 1. The van der Waals surface area contributed by atoms with E-state index in [0.717, 1.165) is 72.0 Å². The zero-order chi connectivity index (χ0) is 24.8. The van der Waals surface area contributed by atoms with Crippen LogP contribution in [0.4, 0.5) is 5.69 Å². The Hall–Kier alpha value is -1.54. The van der Waals surface area contributed by atoms with Gasteiger partial charge in [0.25, 0.3) is 0 Å². The van der Waals surface area contributed by atoms with Crippen molar-refractivity contribution in [3.05, 3.63) is 30.0 Å². The fourth-order valence-corrected chi connectivity index (χ4v) is 7.11. The fourth-order valence-electron chi connectivity index (χ4n) is 5.74. The summed E-state index contributed by atoms with van der Waals surface area (Å²) in [7, 11) is 5.62. The van der Waals surface area contributed by atoms with Crippen molar-refractivity contribution >= 4 is 28.4 Å². The molecule has 1 saturated heterocycles. The highest BCUT2D eigenvalue weighted by Gasteiger charge is 2.35. The van der Waals surface area contributed by atoms with E-state index in [1.54, 1.807) is 7.11 Å². The van der Waals surface area contributed by atoms with Crippen molar-refractivity contribution in [2.24, 2.45) is 5.41 Å². The number of aliphatic hydroxyl groups excluding tert-OH is 2. The number of rotatable bonds is 11. The first-order valence-corrected chi connectivity index (χ1v) is 14.3. The van der Waals surface area contributed by atoms with Gasteiger partial charge in [0.05, 0.1) is 30.6 Å². The maximum Gasteiger partial charge on any atom is 0.119 e. The SMILES string of the molecule is COc1ccc2ncc(N(C)C)c([C@@H](O)CCC3(CO)CCN(CCSC4CCCC4)CC3)c2c1. The Balaban J connectivity index is 1.39. The first kappa shape index (κ1) is 26.5. The summed E-state index contributed by atoms with van der Waals surface area (Å²) >= 11 is 2.16. The van der Waals surface area contributed by atoms with Crippen LogP contribution in [0.2, 0.25) is 0 Å². The van der Waals surface area contributed by atoms with Gasteiger partial charge in [-0.15, -0.1) is 0 Å². The third kappa shape index (κ3) is 6.43. The number of aromatic nitrogens is 1. The van der Waals surface area contributed by atoms with E-state index in [4.69, 9.17) is 4.74 Å². The number of nitrogens with zero attached hydrogens (tertiary/aromatic N) is 3. The molecule has 2 aliphatic rings. The van der Waals surface area contributed by atoms with Gasteiger partial charge in [0.2, 0.25) is 0 Å². The van der Waals surface area contributed by atoms with E-state index in [1.807, 2.05) is 43.4 Å². The first-order chi connectivity index (χ1) is 16.9. The smallest absolute Gasteiger partial charge is 0.119 e. The number of hydrogen-bond donors (Lipinski definition) is 2. The lowest BCUT2D eigenvalue weighted by atomic mass is 9.74. The summed E-state index contributed by atoms with van der Waals surface area (Å²) in [6, 6.07) is 5.82. The van der Waals surface area contributed by atoms with Gasteiger partial charge in [-0.25, -0.2) is 0 Å². The maximum absolute atomic E-state index is 11.4. The number of pyridine rings is 1. The minimum absolute atomic E-state index is 0.102. The molecule has 7 heteroatoms. The quantitative estimate of drug-likeness (QED) is 0.455. The van der Waals surface area contributed by atoms with E-state index >= 15 is 0 Å². The number of anilines is 1. The molecule has 194 valence electrons. The number of piperidine rings is 1. The number of ether oxygens (including phenoxy) is 1. The van der Waals surface area contributed by atoms with Gasteiger partial charge in [0, 0.05) is 49.2 Å². The second-order valence-electron chi connectivity index (χ2n) is 10.7. The normalized spacial score (nSPS) is 19.8. The summed E-state index contributed by atoms with van der Waals surface area (Å²) in [5.41, 5.74) is 2.57. The van der Waals surface area contributed by atoms with E-state index in [9.17, 15) is 10.2 Å². The molecule has 2 aromatic rings. The average Bonchev–Trinajstić information content (AvgIpc) is 3.40. The molecule has 0 bridgehead atoms. The van der Waals surface area contributed by atoms with Crippen molar-refractivity contribution in [3.8, 4) is 5.75 Å². The third-order valence-electron chi connectivity index (χ3n) is 8.17. The van der Waals surface area contributed by atoms with Crippen LogP contribution in [0.3, 0.4) is 0 Å².